The molecule has 1 saturated heterocycles. The lowest BCUT2D eigenvalue weighted by molar-refractivity contribution is -0.130. The molecule has 1 heterocycles. The van der Waals surface area contributed by atoms with Crippen molar-refractivity contribution in [2.45, 2.75) is 53.0 Å². The number of benzene rings is 1. The third-order valence-corrected chi connectivity index (χ3v) is 6.23. The van der Waals surface area contributed by atoms with Crippen LogP contribution in [-0.2, 0) is 4.79 Å². The molecule has 3 nitrogen and oxygen atoms in total. The van der Waals surface area contributed by atoms with Crippen molar-refractivity contribution in [1.82, 2.24) is 4.90 Å². The Kier molecular flexibility index (Phi) is 4.24. The molecule has 2 aliphatic rings. The second-order valence-corrected chi connectivity index (χ2v) is 9.41. The van der Waals surface area contributed by atoms with Crippen LogP contribution in [0.1, 0.15) is 45.6 Å². The Bertz CT molecular complexity index is 628. The van der Waals surface area contributed by atoms with Gasteiger partial charge in [-0.15, -0.1) is 0 Å². The molecule has 23 heavy (non-hydrogen) atoms. The van der Waals surface area contributed by atoms with E-state index in [9.17, 15) is 4.79 Å². The van der Waals surface area contributed by atoms with Gasteiger partial charge in [0.2, 0.25) is 5.91 Å². The van der Waals surface area contributed by atoms with Gasteiger partial charge in [-0.1, -0.05) is 36.7 Å². The molecule has 2 fully saturated rings. The summed E-state index contributed by atoms with van der Waals surface area (Å²) in [7, 11) is 0. The first-order chi connectivity index (χ1) is 10.7. The predicted molar refractivity (Wildman–Crippen MR) is 98.6 cm³/mol. The fraction of sp³-hybridized carbons (Fsp3) is 0.632. The number of rotatable bonds is 3. The largest absolute Gasteiger partial charge is 0.376 e. The zero-order chi connectivity index (χ0) is 16.8. The number of carbonyl (C=O) groups is 1. The van der Waals surface area contributed by atoms with E-state index in [1.165, 1.54) is 18.4 Å². The summed E-state index contributed by atoms with van der Waals surface area (Å²) in [4.78, 5) is 14.9. The van der Waals surface area contributed by atoms with Gasteiger partial charge in [0, 0.05) is 22.7 Å². The standard InChI is InChI=1S/C19H27BrN2O/c1-13-7-14(5-6-16(13)20)21-10-17(23)22-12-19(4)9-15(22)8-18(2,3)11-19/h5-7,15,21H,8-12H2,1-4H3/t15-,19-/m1/s1. The minimum absolute atomic E-state index is 0.233. The normalized spacial score (nSPS) is 28.7. The average molecular weight is 379 g/mol. The first kappa shape index (κ1) is 16.8. The number of likely N-dealkylation sites (tertiary alicyclic amines) is 1. The molecular weight excluding hydrogens is 352 g/mol. The molecule has 0 spiro atoms. The molecular formula is C19H27BrN2O. The van der Waals surface area contributed by atoms with Crippen molar-refractivity contribution in [3.8, 4) is 0 Å². The second-order valence-electron chi connectivity index (χ2n) is 8.55. The fourth-order valence-corrected chi connectivity index (χ4v) is 5.03. The van der Waals surface area contributed by atoms with Crippen LogP contribution in [0, 0.1) is 17.8 Å². The number of aryl methyl sites for hydroxylation is 1. The van der Waals surface area contributed by atoms with Gasteiger partial charge in [-0.05, 0) is 60.8 Å². The van der Waals surface area contributed by atoms with Crippen molar-refractivity contribution in [3.05, 3.63) is 28.2 Å². The molecule has 1 N–H and O–H groups in total. The Balaban J connectivity index is 1.64. The number of halogens is 1. The Morgan fingerprint density at radius 3 is 2.78 bits per heavy atom. The van der Waals surface area contributed by atoms with Crippen molar-refractivity contribution in [3.63, 3.8) is 0 Å². The fourth-order valence-electron chi connectivity index (χ4n) is 4.79. The van der Waals surface area contributed by atoms with Gasteiger partial charge >= 0.3 is 0 Å². The van der Waals surface area contributed by atoms with Crippen molar-refractivity contribution in [1.29, 1.82) is 0 Å². The minimum Gasteiger partial charge on any atom is -0.376 e. The molecule has 126 valence electrons. The van der Waals surface area contributed by atoms with E-state index in [0.717, 1.165) is 23.1 Å². The highest BCUT2D eigenvalue weighted by molar-refractivity contribution is 9.10. The van der Waals surface area contributed by atoms with Crippen molar-refractivity contribution >= 4 is 27.5 Å². The molecule has 3 rings (SSSR count). The molecule has 0 aromatic heterocycles. The van der Waals surface area contributed by atoms with Gasteiger partial charge in [0.25, 0.3) is 0 Å². The van der Waals surface area contributed by atoms with E-state index in [1.807, 2.05) is 12.1 Å². The predicted octanol–water partition coefficient (Wildman–Crippen LogP) is 4.60. The number of nitrogens with one attached hydrogen (secondary N) is 1. The van der Waals surface area contributed by atoms with Crippen molar-refractivity contribution in [2.24, 2.45) is 10.8 Å². The molecule has 0 radical (unpaired) electrons. The first-order valence-corrected chi connectivity index (χ1v) is 9.26. The third-order valence-electron chi connectivity index (χ3n) is 5.34. The Morgan fingerprint density at radius 1 is 1.35 bits per heavy atom. The summed E-state index contributed by atoms with van der Waals surface area (Å²) < 4.78 is 1.10. The molecule has 4 heteroatoms. The quantitative estimate of drug-likeness (QED) is 0.833. The van der Waals surface area contributed by atoms with Crippen LogP contribution in [0.25, 0.3) is 0 Å². The molecule has 1 saturated carbocycles. The number of anilines is 1. The lowest BCUT2D eigenvalue weighted by Crippen LogP contribution is -2.40. The monoisotopic (exact) mass is 378 g/mol. The van der Waals surface area contributed by atoms with Crippen LogP contribution >= 0.6 is 15.9 Å². The van der Waals surface area contributed by atoms with Crippen LogP contribution < -0.4 is 5.32 Å². The molecule has 1 aromatic carbocycles. The molecule has 1 aliphatic heterocycles. The van der Waals surface area contributed by atoms with Crippen LogP contribution in [0.2, 0.25) is 0 Å². The zero-order valence-corrected chi connectivity index (χ0v) is 16.2. The summed E-state index contributed by atoms with van der Waals surface area (Å²) >= 11 is 3.51. The number of nitrogens with zero attached hydrogens (tertiary/aromatic N) is 1. The molecule has 1 aromatic rings. The third kappa shape index (κ3) is 3.57. The van der Waals surface area contributed by atoms with E-state index in [-0.39, 0.29) is 5.91 Å². The SMILES string of the molecule is Cc1cc(NCC(=O)N2C[C@]3(C)C[C@H]2CC(C)(C)C3)ccc1Br. The van der Waals surface area contributed by atoms with Gasteiger partial charge in [-0.3, -0.25) is 4.79 Å². The number of fused-ring (bicyclic) bond motifs is 2. The van der Waals surface area contributed by atoms with Crippen molar-refractivity contribution in [2.75, 3.05) is 18.4 Å². The molecule has 2 atom stereocenters. The summed E-state index contributed by atoms with van der Waals surface area (Å²) in [5, 5.41) is 3.29. The van der Waals surface area contributed by atoms with E-state index in [2.05, 4.69) is 59.9 Å². The highest BCUT2D eigenvalue weighted by Gasteiger charge is 2.50. The van der Waals surface area contributed by atoms with Gasteiger partial charge in [0.1, 0.15) is 0 Å². The maximum Gasteiger partial charge on any atom is 0.242 e. The molecule has 0 unspecified atom stereocenters. The topological polar surface area (TPSA) is 32.3 Å². The van der Waals surface area contributed by atoms with Crippen LogP contribution in [0.5, 0.6) is 0 Å². The summed E-state index contributed by atoms with van der Waals surface area (Å²) in [6.45, 7) is 10.4. The zero-order valence-electron chi connectivity index (χ0n) is 14.6. The number of carbonyl (C=O) groups excluding carboxylic acids is 1. The minimum atomic E-state index is 0.233. The van der Waals surface area contributed by atoms with E-state index in [4.69, 9.17) is 0 Å². The Labute approximate surface area is 148 Å². The summed E-state index contributed by atoms with van der Waals surface area (Å²) in [5.41, 5.74) is 2.83. The van der Waals surface area contributed by atoms with Crippen molar-refractivity contribution < 1.29 is 4.79 Å². The molecule has 1 amide bonds. The van der Waals surface area contributed by atoms with Crippen LogP contribution in [0.15, 0.2) is 22.7 Å². The molecule has 2 bridgehead atoms. The second kappa shape index (κ2) is 5.80. The summed E-state index contributed by atoms with van der Waals surface area (Å²) in [6.07, 6.45) is 3.52. The van der Waals surface area contributed by atoms with Gasteiger partial charge in [-0.25, -0.2) is 0 Å². The summed E-state index contributed by atoms with van der Waals surface area (Å²) in [6, 6.07) is 6.53. The first-order valence-electron chi connectivity index (χ1n) is 8.47. The average Bonchev–Trinajstić information content (AvgIpc) is 2.69. The Hall–Kier alpha value is -1.03. The van der Waals surface area contributed by atoms with E-state index in [1.54, 1.807) is 0 Å². The van der Waals surface area contributed by atoms with Crippen LogP contribution in [-0.4, -0.2) is 29.9 Å². The Morgan fingerprint density at radius 2 is 2.09 bits per heavy atom. The highest BCUT2D eigenvalue weighted by Crippen LogP contribution is 2.52. The lowest BCUT2D eigenvalue weighted by atomic mass is 9.65. The maximum absolute atomic E-state index is 12.7. The lowest BCUT2D eigenvalue weighted by Gasteiger charge is -2.39. The van der Waals surface area contributed by atoms with Crippen LogP contribution in [0.4, 0.5) is 5.69 Å². The highest BCUT2D eigenvalue weighted by atomic mass is 79.9. The van der Waals surface area contributed by atoms with Gasteiger partial charge in [-0.2, -0.15) is 0 Å². The summed E-state index contributed by atoms with van der Waals surface area (Å²) in [5.74, 6) is 0.233. The van der Waals surface area contributed by atoms with Crippen LogP contribution in [0.3, 0.4) is 0 Å². The number of amides is 1. The van der Waals surface area contributed by atoms with Gasteiger partial charge < -0.3 is 10.2 Å². The maximum atomic E-state index is 12.7. The number of hydrogen-bond donors (Lipinski definition) is 1. The van der Waals surface area contributed by atoms with E-state index >= 15 is 0 Å². The molecule has 1 aliphatic carbocycles. The number of hydrogen-bond acceptors (Lipinski definition) is 2. The smallest absolute Gasteiger partial charge is 0.242 e. The van der Waals surface area contributed by atoms with Gasteiger partial charge in [0.15, 0.2) is 0 Å². The van der Waals surface area contributed by atoms with E-state index in [0.29, 0.717) is 23.4 Å². The van der Waals surface area contributed by atoms with Gasteiger partial charge in [0.05, 0.1) is 6.54 Å². The van der Waals surface area contributed by atoms with E-state index < -0.39 is 0 Å².